The molecule has 0 spiro atoms. The first-order valence-corrected chi connectivity index (χ1v) is 8.20. The minimum atomic E-state index is -3.68. The first kappa shape index (κ1) is 17.4. The third-order valence-electron chi connectivity index (χ3n) is 2.68. The highest BCUT2D eigenvalue weighted by Gasteiger charge is 2.26. The van der Waals surface area contributed by atoms with Crippen molar-refractivity contribution in [2.45, 2.75) is 4.90 Å². The van der Waals surface area contributed by atoms with Gasteiger partial charge in [-0.3, -0.25) is 0 Å². The van der Waals surface area contributed by atoms with Crippen molar-refractivity contribution in [3.05, 3.63) is 22.7 Å². The molecule has 114 valence electrons. The number of hydrogen-bond acceptors (Lipinski definition) is 5. The van der Waals surface area contributed by atoms with Crippen molar-refractivity contribution < 1.29 is 17.9 Å². The number of anilines is 1. The zero-order chi connectivity index (χ0) is 15.2. The molecule has 0 aliphatic heterocycles. The second-order valence-corrected chi connectivity index (χ2v) is 6.89. The SMILES string of the molecule is COCCN(CCOC)S(=O)(=O)c1cc(Br)ccc1N. The molecular weight excluding hydrogens is 348 g/mol. The predicted octanol–water partition coefficient (Wildman–Crippen LogP) is 1.31. The maximum Gasteiger partial charge on any atom is 0.245 e. The molecule has 1 aromatic carbocycles. The Kier molecular flexibility index (Phi) is 6.90. The molecule has 1 aromatic rings. The van der Waals surface area contributed by atoms with E-state index >= 15 is 0 Å². The van der Waals surface area contributed by atoms with Crippen molar-refractivity contribution in [1.82, 2.24) is 4.31 Å². The van der Waals surface area contributed by atoms with E-state index in [9.17, 15) is 8.42 Å². The van der Waals surface area contributed by atoms with Crippen molar-refractivity contribution in [1.29, 1.82) is 0 Å². The third kappa shape index (κ3) is 4.42. The summed E-state index contributed by atoms with van der Waals surface area (Å²) < 4.78 is 37.1. The molecule has 0 heterocycles. The third-order valence-corrected chi connectivity index (χ3v) is 5.13. The summed E-state index contributed by atoms with van der Waals surface area (Å²) in [5.74, 6) is 0. The molecule has 20 heavy (non-hydrogen) atoms. The summed E-state index contributed by atoms with van der Waals surface area (Å²) >= 11 is 3.26. The molecule has 2 N–H and O–H groups in total. The lowest BCUT2D eigenvalue weighted by Gasteiger charge is -2.22. The van der Waals surface area contributed by atoms with E-state index in [1.807, 2.05) is 0 Å². The zero-order valence-corrected chi connectivity index (χ0v) is 13.9. The lowest BCUT2D eigenvalue weighted by atomic mass is 10.3. The van der Waals surface area contributed by atoms with Crippen LogP contribution in [-0.4, -0.2) is 53.2 Å². The molecule has 0 radical (unpaired) electrons. The van der Waals surface area contributed by atoms with Crippen LogP contribution in [-0.2, 0) is 19.5 Å². The van der Waals surface area contributed by atoms with Crippen LogP contribution in [0.2, 0.25) is 0 Å². The van der Waals surface area contributed by atoms with Crippen LogP contribution in [0.5, 0.6) is 0 Å². The smallest absolute Gasteiger partial charge is 0.245 e. The van der Waals surface area contributed by atoms with E-state index < -0.39 is 10.0 Å². The number of nitrogens with two attached hydrogens (primary N) is 1. The van der Waals surface area contributed by atoms with Gasteiger partial charge in [0.1, 0.15) is 4.90 Å². The van der Waals surface area contributed by atoms with Crippen LogP contribution in [0.3, 0.4) is 0 Å². The van der Waals surface area contributed by atoms with Gasteiger partial charge in [0.05, 0.1) is 18.9 Å². The topological polar surface area (TPSA) is 81.9 Å². The minimum Gasteiger partial charge on any atom is -0.398 e. The van der Waals surface area contributed by atoms with Gasteiger partial charge in [0.15, 0.2) is 0 Å². The van der Waals surface area contributed by atoms with Crippen LogP contribution in [0.15, 0.2) is 27.6 Å². The summed E-state index contributed by atoms with van der Waals surface area (Å²) in [6, 6.07) is 4.75. The summed E-state index contributed by atoms with van der Waals surface area (Å²) in [6.07, 6.45) is 0. The monoisotopic (exact) mass is 366 g/mol. The second-order valence-electron chi connectivity index (χ2n) is 4.07. The molecule has 0 unspecified atom stereocenters. The molecule has 0 atom stereocenters. The van der Waals surface area contributed by atoms with Crippen molar-refractivity contribution in [2.75, 3.05) is 46.3 Å². The van der Waals surface area contributed by atoms with Crippen LogP contribution < -0.4 is 5.73 Å². The van der Waals surface area contributed by atoms with E-state index in [0.29, 0.717) is 17.7 Å². The Morgan fingerprint density at radius 2 is 1.75 bits per heavy atom. The summed E-state index contributed by atoms with van der Waals surface area (Å²) in [4.78, 5) is 0.0825. The van der Waals surface area contributed by atoms with Crippen LogP contribution in [0, 0.1) is 0 Å². The second kappa shape index (κ2) is 7.94. The maximum absolute atomic E-state index is 12.6. The molecule has 0 saturated carbocycles. The van der Waals surface area contributed by atoms with E-state index in [4.69, 9.17) is 15.2 Å². The van der Waals surface area contributed by atoms with Crippen LogP contribution in [0.1, 0.15) is 0 Å². The Bertz CT molecular complexity index is 528. The van der Waals surface area contributed by atoms with Crippen LogP contribution in [0.4, 0.5) is 5.69 Å². The number of halogens is 1. The Morgan fingerprint density at radius 1 is 1.20 bits per heavy atom. The van der Waals surface area contributed by atoms with Crippen LogP contribution in [0.25, 0.3) is 0 Å². The van der Waals surface area contributed by atoms with Gasteiger partial charge >= 0.3 is 0 Å². The van der Waals surface area contributed by atoms with E-state index in [2.05, 4.69) is 15.9 Å². The maximum atomic E-state index is 12.6. The lowest BCUT2D eigenvalue weighted by molar-refractivity contribution is 0.150. The van der Waals surface area contributed by atoms with Gasteiger partial charge in [0, 0.05) is 31.8 Å². The Labute approximate surface area is 128 Å². The standard InChI is InChI=1S/C12H19BrN2O4S/c1-18-7-5-15(6-8-19-2)20(16,17)12-9-10(13)3-4-11(12)14/h3-4,9H,5-8,14H2,1-2H3. The number of methoxy groups -OCH3 is 2. The fourth-order valence-corrected chi connectivity index (χ4v) is 3.67. The van der Waals surface area contributed by atoms with Crippen molar-refractivity contribution in [2.24, 2.45) is 0 Å². The number of rotatable bonds is 8. The number of benzene rings is 1. The summed E-state index contributed by atoms with van der Waals surface area (Å²) in [6.45, 7) is 1.09. The Balaban J connectivity index is 3.10. The predicted molar refractivity (Wildman–Crippen MR) is 81.1 cm³/mol. The van der Waals surface area contributed by atoms with E-state index in [1.165, 1.54) is 24.6 Å². The molecular formula is C12H19BrN2O4S. The fraction of sp³-hybridized carbons (Fsp3) is 0.500. The highest BCUT2D eigenvalue weighted by atomic mass is 79.9. The van der Waals surface area contributed by atoms with Gasteiger partial charge in [-0.2, -0.15) is 4.31 Å². The molecule has 1 rings (SSSR count). The molecule has 0 aromatic heterocycles. The van der Waals surface area contributed by atoms with E-state index in [1.54, 1.807) is 12.1 Å². The van der Waals surface area contributed by atoms with Crippen molar-refractivity contribution in [3.63, 3.8) is 0 Å². The first-order valence-electron chi connectivity index (χ1n) is 5.96. The highest BCUT2D eigenvalue weighted by Crippen LogP contribution is 2.25. The minimum absolute atomic E-state index is 0.0825. The first-order chi connectivity index (χ1) is 9.43. The van der Waals surface area contributed by atoms with Gasteiger partial charge in [-0.25, -0.2) is 8.42 Å². The molecule has 0 amide bonds. The van der Waals surface area contributed by atoms with Crippen molar-refractivity contribution in [3.8, 4) is 0 Å². The average Bonchev–Trinajstić information content (AvgIpc) is 2.41. The molecule has 0 aliphatic carbocycles. The van der Waals surface area contributed by atoms with Gasteiger partial charge in [-0.15, -0.1) is 0 Å². The number of nitrogen functional groups attached to an aromatic ring is 1. The summed E-state index contributed by atoms with van der Waals surface area (Å²) in [5.41, 5.74) is 6.00. The van der Waals surface area contributed by atoms with Gasteiger partial charge in [-0.05, 0) is 18.2 Å². The molecule has 0 aliphatic rings. The quantitative estimate of drug-likeness (QED) is 0.701. The van der Waals surface area contributed by atoms with Gasteiger partial charge in [-0.1, -0.05) is 15.9 Å². The van der Waals surface area contributed by atoms with Crippen molar-refractivity contribution >= 4 is 31.6 Å². The Hall–Kier alpha value is -0.670. The molecule has 0 fully saturated rings. The number of ether oxygens (including phenoxy) is 2. The summed E-state index contributed by atoms with van der Waals surface area (Å²) in [7, 11) is -0.636. The molecule has 0 saturated heterocycles. The normalized spacial score (nSPS) is 12.0. The number of hydrogen-bond donors (Lipinski definition) is 1. The van der Waals surface area contributed by atoms with Gasteiger partial charge in [0.25, 0.3) is 0 Å². The highest BCUT2D eigenvalue weighted by molar-refractivity contribution is 9.10. The molecule has 8 heteroatoms. The molecule has 0 bridgehead atoms. The van der Waals surface area contributed by atoms with E-state index in [0.717, 1.165) is 0 Å². The largest absolute Gasteiger partial charge is 0.398 e. The summed E-state index contributed by atoms with van der Waals surface area (Å²) in [5, 5.41) is 0. The number of sulfonamides is 1. The number of nitrogens with zero attached hydrogens (tertiary/aromatic N) is 1. The average molecular weight is 367 g/mol. The molecule has 6 nitrogen and oxygen atoms in total. The Morgan fingerprint density at radius 3 is 2.25 bits per heavy atom. The fourth-order valence-electron chi connectivity index (χ4n) is 1.61. The van der Waals surface area contributed by atoms with Gasteiger partial charge < -0.3 is 15.2 Å². The lowest BCUT2D eigenvalue weighted by Crippen LogP contribution is -2.36. The van der Waals surface area contributed by atoms with Gasteiger partial charge in [0.2, 0.25) is 10.0 Å². The van der Waals surface area contributed by atoms with E-state index in [-0.39, 0.29) is 23.7 Å². The zero-order valence-electron chi connectivity index (χ0n) is 11.5. The van der Waals surface area contributed by atoms with Crippen LogP contribution >= 0.6 is 15.9 Å².